The zero-order chi connectivity index (χ0) is 19.7. The van der Waals surface area contributed by atoms with Crippen LogP contribution in [0, 0.1) is 17.2 Å². The minimum atomic E-state index is -4.31. The molecule has 1 aliphatic rings. The fourth-order valence-electron chi connectivity index (χ4n) is 3.21. The van der Waals surface area contributed by atoms with Gasteiger partial charge in [-0.25, -0.2) is 0 Å². The van der Waals surface area contributed by atoms with Crippen LogP contribution in [0.5, 0.6) is 0 Å². The highest BCUT2D eigenvalue weighted by Gasteiger charge is 2.30. The Hall–Kier alpha value is -2.13. The number of nitriles is 1. The predicted octanol–water partition coefficient (Wildman–Crippen LogP) is 6.49. The van der Waals surface area contributed by atoms with Gasteiger partial charge in [-0.3, -0.25) is 0 Å². The van der Waals surface area contributed by atoms with Crippen molar-refractivity contribution in [1.82, 2.24) is 0 Å². The Labute approximate surface area is 157 Å². The Morgan fingerprint density at radius 1 is 1.15 bits per heavy atom. The first-order valence-electron chi connectivity index (χ1n) is 9.08. The number of alkyl halides is 3. The van der Waals surface area contributed by atoms with Crippen molar-refractivity contribution >= 4 is 0 Å². The number of rotatable bonds is 7. The van der Waals surface area contributed by atoms with Gasteiger partial charge < -0.3 is 4.74 Å². The summed E-state index contributed by atoms with van der Waals surface area (Å²) < 4.78 is 56.1. The van der Waals surface area contributed by atoms with Crippen LogP contribution in [0.2, 0.25) is 0 Å². The van der Waals surface area contributed by atoms with E-state index in [-0.39, 0.29) is 6.10 Å². The molecule has 0 saturated heterocycles. The van der Waals surface area contributed by atoms with E-state index < -0.39 is 17.6 Å². The molecule has 1 aromatic carbocycles. The summed E-state index contributed by atoms with van der Waals surface area (Å²) in [5.74, 6) is -0.192. The Bertz CT molecular complexity index is 678. The lowest BCUT2D eigenvalue weighted by Gasteiger charge is -2.28. The average molecular weight is 381 g/mol. The summed E-state index contributed by atoms with van der Waals surface area (Å²) in [5.41, 5.74) is 0.0968. The monoisotopic (exact) mass is 381 g/mol. The lowest BCUT2D eigenvalue weighted by molar-refractivity contribution is -0.137. The van der Waals surface area contributed by atoms with Crippen molar-refractivity contribution in [2.75, 3.05) is 0 Å². The third kappa shape index (κ3) is 7.56. The second-order valence-corrected chi connectivity index (χ2v) is 6.78. The third-order valence-electron chi connectivity index (χ3n) is 4.79. The number of benzene rings is 1. The van der Waals surface area contributed by atoms with Crippen molar-refractivity contribution in [3.63, 3.8) is 0 Å². The molecule has 2 rings (SSSR count). The van der Waals surface area contributed by atoms with Gasteiger partial charge >= 0.3 is 6.18 Å². The SMILES string of the molecule is N#CC(F)=CC=CCC[C@H]1CC[C@H](OCc2ccc(C(F)(F)F)cc2)CC1. The van der Waals surface area contributed by atoms with Crippen molar-refractivity contribution in [3.05, 3.63) is 59.4 Å². The van der Waals surface area contributed by atoms with Gasteiger partial charge in [0.1, 0.15) is 6.07 Å². The fraction of sp³-hybridized carbons (Fsp3) is 0.476. The van der Waals surface area contributed by atoms with Gasteiger partial charge in [0, 0.05) is 0 Å². The first-order chi connectivity index (χ1) is 12.9. The molecule has 1 fully saturated rings. The number of allylic oxidation sites excluding steroid dienone is 4. The normalized spacial score (nSPS) is 21.4. The van der Waals surface area contributed by atoms with E-state index in [1.165, 1.54) is 18.2 Å². The highest BCUT2D eigenvalue weighted by atomic mass is 19.4. The number of halogens is 4. The average Bonchev–Trinajstić information content (AvgIpc) is 2.66. The van der Waals surface area contributed by atoms with Gasteiger partial charge in [0.05, 0.1) is 18.3 Å². The predicted molar refractivity (Wildman–Crippen MR) is 95.2 cm³/mol. The number of nitrogens with zero attached hydrogens (tertiary/aromatic N) is 1. The molecule has 27 heavy (non-hydrogen) atoms. The van der Waals surface area contributed by atoms with Crippen LogP contribution in [0.25, 0.3) is 0 Å². The van der Waals surface area contributed by atoms with Gasteiger partial charge in [0.15, 0.2) is 5.83 Å². The van der Waals surface area contributed by atoms with Crippen LogP contribution >= 0.6 is 0 Å². The van der Waals surface area contributed by atoms with Crippen molar-refractivity contribution in [2.24, 2.45) is 5.92 Å². The van der Waals surface area contributed by atoms with Gasteiger partial charge in [-0.2, -0.15) is 22.8 Å². The minimum absolute atomic E-state index is 0.145. The zero-order valence-corrected chi connectivity index (χ0v) is 15.0. The molecular weight excluding hydrogens is 358 g/mol. The largest absolute Gasteiger partial charge is 0.416 e. The van der Waals surface area contributed by atoms with E-state index in [9.17, 15) is 17.6 Å². The van der Waals surface area contributed by atoms with Gasteiger partial charge in [-0.1, -0.05) is 24.3 Å². The van der Waals surface area contributed by atoms with Crippen molar-refractivity contribution in [2.45, 2.75) is 57.4 Å². The van der Waals surface area contributed by atoms with Crippen LogP contribution in [0.3, 0.4) is 0 Å². The molecule has 0 aromatic heterocycles. The second-order valence-electron chi connectivity index (χ2n) is 6.78. The summed E-state index contributed by atoms with van der Waals surface area (Å²) in [5, 5.41) is 8.30. The molecule has 0 atom stereocenters. The molecule has 0 amide bonds. The van der Waals surface area contributed by atoms with E-state index in [0.717, 1.165) is 62.3 Å². The van der Waals surface area contributed by atoms with Gasteiger partial charge in [-0.15, -0.1) is 0 Å². The highest BCUT2D eigenvalue weighted by molar-refractivity contribution is 5.24. The van der Waals surface area contributed by atoms with E-state index in [1.54, 1.807) is 6.08 Å². The van der Waals surface area contributed by atoms with Crippen LogP contribution in [0.15, 0.2) is 48.3 Å². The number of ether oxygens (including phenoxy) is 1. The topological polar surface area (TPSA) is 33.0 Å². The van der Waals surface area contributed by atoms with Gasteiger partial charge in [0.25, 0.3) is 0 Å². The lowest BCUT2D eigenvalue weighted by atomic mass is 9.84. The molecule has 0 N–H and O–H groups in total. The minimum Gasteiger partial charge on any atom is -0.374 e. The molecular formula is C21H23F4NO. The summed E-state index contributed by atoms with van der Waals surface area (Å²) in [6.07, 6.45) is 6.27. The zero-order valence-electron chi connectivity index (χ0n) is 15.0. The molecule has 6 heteroatoms. The molecule has 2 nitrogen and oxygen atoms in total. The van der Waals surface area contributed by atoms with Crippen LogP contribution < -0.4 is 0 Å². The Kier molecular flexibility index (Phi) is 8.05. The van der Waals surface area contributed by atoms with E-state index >= 15 is 0 Å². The number of hydrogen-bond acceptors (Lipinski definition) is 2. The molecule has 0 heterocycles. The Morgan fingerprint density at radius 3 is 2.41 bits per heavy atom. The van der Waals surface area contributed by atoms with Gasteiger partial charge in [0.2, 0.25) is 0 Å². The fourth-order valence-corrected chi connectivity index (χ4v) is 3.21. The molecule has 0 spiro atoms. The Balaban J connectivity index is 1.65. The van der Waals surface area contributed by atoms with E-state index in [0.29, 0.717) is 12.5 Å². The molecule has 146 valence electrons. The van der Waals surface area contributed by atoms with Gasteiger partial charge in [-0.05, 0) is 68.2 Å². The lowest BCUT2D eigenvalue weighted by Crippen LogP contribution is -2.21. The van der Waals surface area contributed by atoms with Crippen LogP contribution in [-0.2, 0) is 17.5 Å². The van der Waals surface area contributed by atoms with Crippen molar-refractivity contribution < 1.29 is 22.3 Å². The smallest absolute Gasteiger partial charge is 0.374 e. The van der Waals surface area contributed by atoms with Crippen molar-refractivity contribution in [1.29, 1.82) is 5.26 Å². The second kappa shape index (κ2) is 10.3. The van der Waals surface area contributed by atoms with E-state index in [2.05, 4.69) is 0 Å². The molecule has 0 radical (unpaired) electrons. The summed E-state index contributed by atoms with van der Waals surface area (Å²) in [7, 11) is 0. The summed E-state index contributed by atoms with van der Waals surface area (Å²) in [6, 6.07) is 6.52. The Morgan fingerprint density at radius 2 is 1.81 bits per heavy atom. The first-order valence-corrected chi connectivity index (χ1v) is 9.08. The highest BCUT2D eigenvalue weighted by Crippen LogP contribution is 2.31. The van der Waals surface area contributed by atoms with E-state index in [1.807, 2.05) is 6.08 Å². The van der Waals surface area contributed by atoms with Crippen LogP contribution in [-0.4, -0.2) is 6.10 Å². The maximum absolute atomic E-state index is 12.6. The summed E-state index contributed by atoms with van der Waals surface area (Å²) in [4.78, 5) is 0. The van der Waals surface area contributed by atoms with Crippen LogP contribution in [0.1, 0.15) is 49.7 Å². The molecule has 1 aliphatic carbocycles. The molecule has 1 saturated carbocycles. The molecule has 0 aliphatic heterocycles. The quantitative estimate of drug-likeness (QED) is 0.307. The standard InChI is InChI=1S/C21H23F4NO/c22-19(14-26)5-3-1-2-4-16-8-12-20(13-9-16)27-15-17-6-10-18(11-7-17)21(23,24)25/h1,3,5-7,10-11,16,20H,2,4,8-9,12-13,15H2/t16-,20-. The number of hydrogen-bond donors (Lipinski definition) is 0. The maximum Gasteiger partial charge on any atom is 0.416 e. The summed E-state index contributed by atoms with van der Waals surface area (Å²) >= 11 is 0. The third-order valence-corrected chi connectivity index (χ3v) is 4.79. The maximum atomic E-state index is 12.6. The molecule has 1 aromatic rings. The summed E-state index contributed by atoms with van der Waals surface area (Å²) in [6.45, 7) is 0.326. The molecule has 0 unspecified atom stereocenters. The van der Waals surface area contributed by atoms with E-state index in [4.69, 9.17) is 10.00 Å². The van der Waals surface area contributed by atoms with Crippen molar-refractivity contribution in [3.8, 4) is 6.07 Å². The van der Waals surface area contributed by atoms with Crippen LogP contribution in [0.4, 0.5) is 17.6 Å². The molecule has 0 bridgehead atoms. The first kappa shape index (κ1) is 21.2.